The summed E-state index contributed by atoms with van der Waals surface area (Å²) in [7, 11) is 0. The van der Waals surface area contributed by atoms with E-state index in [1.165, 1.54) is 0 Å². The minimum atomic E-state index is -1.31. The second-order valence-electron chi connectivity index (χ2n) is 6.80. The summed E-state index contributed by atoms with van der Waals surface area (Å²) in [5, 5.41) is 21.0. The van der Waals surface area contributed by atoms with Crippen LogP contribution in [-0.2, 0) is 4.79 Å². The van der Waals surface area contributed by atoms with E-state index in [1.807, 2.05) is 26.8 Å². The summed E-state index contributed by atoms with van der Waals surface area (Å²) < 4.78 is 0. The second-order valence-corrected chi connectivity index (χ2v) is 6.80. The van der Waals surface area contributed by atoms with Crippen LogP contribution >= 0.6 is 0 Å². The van der Waals surface area contributed by atoms with Crippen LogP contribution in [-0.4, -0.2) is 27.7 Å². The van der Waals surface area contributed by atoms with Gasteiger partial charge in [0.25, 0.3) is 0 Å². The third-order valence-electron chi connectivity index (χ3n) is 5.28. The molecule has 1 saturated carbocycles. The lowest BCUT2D eigenvalue weighted by Crippen LogP contribution is -2.49. The minimum absolute atomic E-state index is 0.217. The standard InChI is InChI=1S/C15H20O3/c1-8-10-9(7-13(2,3)12(10)17)11(16)14(4,18)15(8)5-6-15/h7,12,17-18H,5-6H2,1-4H3/t12-,14-/m1/s1. The lowest BCUT2D eigenvalue weighted by molar-refractivity contribution is -0.138. The zero-order valence-electron chi connectivity index (χ0n) is 11.4. The van der Waals surface area contributed by atoms with E-state index < -0.39 is 22.5 Å². The van der Waals surface area contributed by atoms with Crippen molar-refractivity contribution in [2.45, 2.75) is 52.2 Å². The van der Waals surface area contributed by atoms with E-state index in [4.69, 9.17) is 0 Å². The Morgan fingerprint density at radius 3 is 2.33 bits per heavy atom. The number of Topliss-reactive ketones (excluding diaryl/α,β-unsaturated/α-hetero) is 1. The molecule has 18 heavy (non-hydrogen) atoms. The monoisotopic (exact) mass is 248 g/mol. The first-order valence-corrected chi connectivity index (χ1v) is 6.55. The van der Waals surface area contributed by atoms with Gasteiger partial charge in [-0.15, -0.1) is 0 Å². The molecule has 0 heterocycles. The molecule has 3 aliphatic rings. The lowest BCUT2D eigenvalue weighted by atomic mass is 9.67. The van der Waals surface area contributed by atoms with E-state index in [2.05, 4.69) is 0 Å². The Bertz CT molecular complexity index is 516. The molecule has 0 bridgehead atoms. The van der Waals surface area contributed by atoms with E-state index in [1.54, 1.807) is 6.92 Å². The molecule has 3 heteroatoms. The van der Waals surface area contributed by atoms with Gasteiger partial charge in [0, 0.05) is 16.4 Å². The molecular weight excluding hydrogens is 228 g/mol. The molecular formula is C15H20O3. The maximum absolute atomic E-state index is 12.5. The van der Waals surface area contributed by atoms with Gasteiger partial charge in [0.15, 0.2) is 5.78 Å². The molecule has 2 atom stereocenters. The van der Waals surface area contributed by atoms with Gasteiger partial charge in [0.05, 0.1) is 6.10 Å². The van der Waals surface area contributed by atoms with Crippen molar-refractivity contribution in [2.75, 3.05) is 0 Å². The molecule has 0 amide bonds. The van der Waals surface area contributed by atoms with Gasteiger partial charge in [-0.2, -0.15) is 0 Å². The summed E-state index contributed by atoms with van der Waals surface area (Å²) >= 11 is 0. The van der Waals surface area contributed by atoms with Crippen molar-refractivity contribution < 1.29 is 15.0 Å². The Morgan fingerprint density at radius 1 is 1.28 bits per heavy atom. The van der Waals surface area contributed by atoms with Gasteiger partial charge in [0.1, 0.15) is 5.60 Å². The smallest absolute Gasteiger partial charge is 0.195 e. The number of fused-ring (bicyclic) bond motifs is 1. The first-order chi connectivity index (χ1) is 8.15. The minimum Gasteiger partial charge on any atom is -0.388 e. The number of ketones is 1. The van der Waals surface area contributed by atoms with Gasteiger partial charge < -0.3 is 10.2 Å². The SMILES string of the molecule is CC1=C2C(=CC(C)(C)[C@@H]2O)C(=O)[C@@](C)(O)C12CC2. The molecule has 0 aromatic carbocycles. The van der Waals surface area contributed by atoms with Crippen molar-refractivity contribution >= 4 is 5.78 Å². The van der Waals surface area contributed by atoms with E-state index >= 15 is 0 Å². The largest absolute Gasteiger partial charge is 0.388 e. The van der Waals surface area contributed by atoms with E-state index in [0.717, 1.165) is 24.0 Å². The van der Waals surface area contributed by atoms with Crippen LogP contribution in [0.15, 0.2) is 22.8 Å². The van der Waals surface area contributed by atoms with Crippen molar-refractivity contribution in [3.8, 4) is 0 Å². The molecule has 1 spiro atoms. The summed E-state index contributed by atoms with van der Waals surface area (Å²) in [6.07, 6.45) is 2.86. The van der Waals surface area contributed by atoms with Crippen LogP contribution in [0.1, 0.15) is 40.5 Å². The number of aliphatic hydroxyl groups is 2. The number of aliphatic hydroxyl groups excluding tert-OH is 1. The van der Waals surface area contributed by atoms with Crippen LogP contribution in [0.5, 0.6) is 0 Å². The highest BCUT2D eigenvalue weighted by molar-refractivity contribution is 6.09. The molecule has 98 valence electrons. The molecule has 0 aromatic heterocycles. The van der Waals surface area contributed by atoms with Crippen LogP contribution in [0, 0.1) is 10.8 Å². The average molecular weight is 248 g/mol. The lowest BCUT2D eigenvalue weighted by Gasteiger charge is -2.39. The zero-order valence-corrected chi connectivity index (χ0v) is 11.4. The predicted molar refractivity (Wildman–Crippen MR) is 67.9 cm³/mol. The second kappa shape index (κ2) is 2.97. The maximum atomic E-state index is 12.5. The maximum Gasteiger partial charge on any atom is 0.195 e. The molecule has 0 saturated heterocycles. The van der Waals surface area contributed by atoms with Gasteiger partial charge in [0.2, 0.25) is 0 Å². The highest BCUT2D eigenvalue weighted by Gasteiger charge is 2.66. The number of hydrogen-bond acceptors (Lipinski definition) is 3. The van der Waals surface area contributed by atoms with Gasteiger partial charge in [-0.1, -0.05) is 25.5 Å². The quantitative estimate of drug-likeness (QED) is 0.686. The van der Waals surface area contributed by atoms with Crippen LogP contribution in [0.25, 0.3) is 0 Å². The van der Waals surface area contributed by atoms with Gasteiger partial charge >= 0.3 is 0 Å². The number of hydrogen-bond donors (Lipinski definition) is 2. The van der Waals surface area contributed by atoms with Crippen molar-refractivity contribution in [2.24, 2.45) is 10.8 Å². The highest BCUT2D eigenvalue weighted by atomic mass is 16.3. The molecule has 3 rings (SSSR count). The van der Waals surface area contributed by atoms with Crippen molar-refractivity contribution in [3.63, 3.8) is 0 Å². The summed E-state index contributed by atoms with van der Waals surface area (Å²) in [6, 6.07) is 0. The number of rotatable bonds is 0. The van der Waals surface area contributed by atoms with Crippen LogP contribution in [0.4, 0.5) is 0 Å². The first-order valence-electron chi connectivity index (χ1n) is 6.55. The van der Waals surface area contributed by atoms with Gasteiger partial charge in [-0.05, 0) is 32.3 Å². The Kier molecular flexibility index (Phi) is 2.00. The third kappa shape index (κ3) is 1.10. The van der Waals surface area contributed by atoms with Gasteiger partial charge in [-0.25, -0.2) is 0 Å². The van der Waals surface area contributed by atoms with E-state index in [9.17, 15) is 15.0 Å². The molecule has 0 aliphatic heterocycles. The van der Waals surface area contributed by atoms with Crippen molar-refractivity contribution in [1.29, 1.82) is 0 Å². The number of carbonyl (C=O) groups excluding carboxylic acids is 1. The van der Waals surface area contributed by atoms with Crippen LogP contribution < -0.4 is 0 Å². The van der Waals surface area contributed by atoms with E-state index in [-0.39, 0.29) is 5.78 Å². The predicted octanol–water partition coefficient (Wildman–Crippen LogP) is 1.74. The molecule has 0 aromatic rings. The average Bonchev–Trinajstić information content (AvgIpc) is 3.02. The molecule has 3 nitrogen and oxygen atoms in total. The Morgan fingerprint density at radius 2 is 1.83 bits per heavy atom. The topological polar surface area (TPSA) is 57.5 Å². The van der Waals surface area contributed by atoms with E-state index in [0.29, 0.717) is 5.57 Å². The molecule has 0 unspecified atom stereocenters. The fourth-order valence-corrected chi connectivity index (χ4v) is 3.73. The zero-order chi connectivity index (χ0) is 13.5. The van der Waals surface area contributed by atoms with Crippen molar-refractivity contribution in [1.82, 2.24) is 0 Å². The summed E-state index contributed by atoms with van der Waals surface area (Å²) in [5.41, 5.74) is 0.154. The van der Waals surface area contributed by atoms with Crippen LogP contribution in [0.3, 0.4) is 0 Å². The Balaban J connectivity index is 2.28. The fraction of sp³-hybridized carbons (Fsp3) is 0.667. The fourth-order valence-electron chi connectivity index (χ4n) is 3.73. The summed E-state index contributed by atoms with van der Waals surface area (Å²) in [5.74, 6) is -0.217. The Labute approximate surface area is 107 Å². The number of carbonyl (C=O) groups is 1. The third-order valence-corrected chi connectivity index (χ3v) is 5.28. The summed E-state index contributed by atoms with van der Waals surface area (Å²) in [6.45, 7) is 7.43. The van der Waals surface area contributed by atoms with Gasteiger partial charge in [-0.3, -0.25) is 4.79 Å². The molecule has 2 N–H and O–H groups in total. The normalized spacial score (nSPS) is 40.0. The Hall–Kier alpha value is -0.930. The first kappa shape index (κ1) is 12.1. The highest BCUT2D eigenvalue weighted by Crippen LogP contribution is 2.65. The molecule has 1 fully saturated rings. The van der Waals surface area contributed by atoms with Crippen LogP contribution in [0.2, 0.25) is 0 Å². The molecule has 3 aliphatic carbocycles. The van der Waals surface area contributed by atoms with Crippen molar-refractivity contribution in [3.05, 3.63) is 22.8 Å². The summed E-state index contributed by atoms with van der Waals surface area (Å²) in [4.78, 5) is 12.5. The molecule has 0 radical (unpaired) electrons.